The molecule has 0 radical (unpaired) electrons. The molecule has 1 heterocycles. The Morgan fingerprint density at radius 2 is 1.62 bits per heavy atom. The maximum Gasteiger partial charge on any atom is 0.265 e. The minimum absolute atomic E-state index is 0.0544. The summed E-state index contributed by atoms with van der Waals surface area (Å²) in [7, 11) is -6.14. The van der Waals surface area contributed by atoms with Gasteiger partial charge in [0.2, 0.25) is 10.0 Å². The number of nitrogens with one attached hydrogen (secondary N) is 1. The number of anilines is 2. The fourth-order valence-corrected chi connectivity index (χ4v) is 6.91. The summed E-state index contributed by atoms with van der Waals surface area (Å²) in [6.07, 6.45) is 1.33. The van der Waals surface area contributed by atoms with Crippen molar-refractivity contribution in [1.29, 1.82) is 0 Å². The second kappa shape index (κ2) is 9.31. The van der Waals surface area contributed by atoms with Gasteiger partial charge in [-0.15, -0.1) is 0 Å². The fraction of sp³-hybridized carbons (Fsp3) is 0.478. The van der Waals surface area contributed by atoms with Crippen molar-refractivity contribution in [2.45, 2.75) is 57.3 Å². The molecule has 0 atom stereocenters. The van der Waals surface area contributed by atoms with Crippen LogP contribution in [-0.2, 0) is 20.0 Å². The van der Waals surface area contributed by atoms with E-state index in [2.05, 4.69) is 4.72 Å². The molecule has 0 aliphatic carbocycles. The highest BCUT2D eigenvalue weighted by atomic mass is 32.2. The molecule has 176 valence electrons. The van der Waals surface area contributed by atoms with Crippen LogP contribution in [0, 0.1) is 0 Å². The van der Waals surface area contributed by atoms with Gasteiger partial charge in [-0.1, -0.05) is 45.9 Å². The van der Waals surface area contributed by atoms with Gasteiger partial charge in [0.15, 0.2) is 0 Å². The number of rotatable bonds is 7. The number of para-hydroxylation sites is 1. The van der Waals surface area contributed by atoms with Crippen LogP contribution in [0.1, 0.15) is 63.5 Å². The van der Waals surface area contributed by atoms with Gasteiger partial charge in [0.1, 0.15) is 10.6 Å². The van der Waals surface area contributed by atoms with E-state index in [-0.39, 0.29) is 28.2 Å². The molecule has 1 fully saturated rings. The molecule has 1 aliphatic heterocycles. The molecule has 0 saturated carbocycles. The zero-order valence-corrected chi connectivity index (χ0v) is 20.9. The van der Waals surface area contributed by atoms with Crippen LogP contribution in [0.15, 0.2) is 41.3 Å². The highest BCUT2D eigenvalue weighted by Crippen LogP contribution is 2.37. The first-order valence-corrected chi connectivity index (χ1v) is 13.9. The highest BCUT2D eigenvalue weighted by Gasteiger charge is 2.29. The average Bonchev–Trinajstić information content (AvgIpc) is 2.72. The predicted molar refractivity (Wildman–Crippen MR) is 129 cm³/mol. The zero-order chi connectivity index (χ0) is 23.7. The van der Waals surface area contributed by atoms with Crippen LogP contribution < -0.4 is 13.8 Å². The van der Waals surface area contributed by atoms with Crippen LogP contribution in [0.3, 0.4) is 0 Å². The molecule has 1 N–H and O–H groups in total. The van der Waals surface area contributed by atoms with Gasteiger partial charge in [0, 0.05) is 6.54 Å². The normalized spacial score (nSPS) is 16.4. The maximum atomic E-state index is 13.6. The number of ether oxygens (including phenoxy) is 1. The van der Waals surface area contributed by atoms with Crippen molar-refractivity contribution in [3.8, 4) is 5.75 Å². The van der Waals surface area contributed by atoms with Gasteiger partial charge in [-0.2, -0.15) is 0 Å². The van der Waals surface area contributed by atoms with Gasteiger partial charge >= 0.3 is 0 Å². The Balaban J connectivity index is 2.12. The summed E-state index contributed by atoms with van der Waals surface area (Å²) in [6.45, 7) is 8.38. The van der Waals surface area contributed by atoms with Crippen LogP contribution >= 0.6 is 0 Å². The van der Waals surface area contributed by atoms with Crippen LogP contribution in [-0.4, -0.2) is 36.2 Å². The minimum atomic E-state index is -4.06. The summed E-state index contributed by atoms with van der Waals surface area (Å²) in [6, 6.07) is 10.3. The lowest BCUT2D eigenvalue weighted by molar-refractivity contribution is 0.403. The zero-order valence-electron chi connectivity index (χ0n) is 19.3. The molecule has 0 spiro atoms. The van der Waals surface area contributed by atoms with Crippen molar-refractivity contribution < 1.29 is 21.6 Å². The van der Waals surface area contributed by atoms with Crippen LogP contribution in [0.5, 0.6) is 5.75 Å². The van der Waals surface area contributed by atoms with E-state index in [1.807, 2.05) is 45.9 Å². The Kier molecular flexibility index (Phi) is 7.09. The molecule has 0 amide bonds. The van der Waals surface area contributed by atoms with E-state index < -0.39 is 20.0 Å². The standard InChI is InChI=1S/C23H32N2O5S2/c1-16(2)19-9-8-10-20(17(3)4)23(19)24-32(28,29)22-15-18(11-12-21(22)30-5)25-13-6-7-14-31(25,26)27/h8-12,15-17,24H,6-7,13-14H2,1-5H3. The van der Waals surface area contributed by atoms with Crippen molar-refractivity contribution in [2.75, 3.05) is 28.4 Å². The lowest BCUT2D eigenvalue weighted by Gasteiger charge is -2.29. The Morgan fingerprint density at radius 1 is 1.00 bits per heavy atom. The summed E-state index contributed by atoms with van der Waals surface area (Å²) in [4.78, 5) is -0.0912. The van der Waals surface area contributed by atoms with E-state index in [0.29, 0.717) is 24.3 Å². The SMILES string of the molecule is COc1ccc(N2CCCCS2(=O)=O)cc1S(=O)(=O)Nc1c(C(C)C)cccc1C(C)C. The average molecular weight is 481 g/mol. The van der Waals surface area contributed by atoms with Gasteiger partial charge < -0.3 is 4.74 Å². The summed E-state index contributed by atoms with van der Waals surface area (Å²) in [5.41, 5.74) is 2.68. The van der Waals surface area contributed by atoms with Gasteiger partial charge in [0.05, 0.1) is 24.2 Å². The predicted octanol–water partition coefficient (Wildman–Crippen LogP) is 4.67. The number of benzene rings is 2. The van der Waals surface area contributed by atoms with Crippen LogP contribution in [0.4, 0.5) is 11.4 Å². The second-order valence-corrected chi connectivity index (χ2v) is 12.3. The molecule has 2 aromatic carbocycles. The number of methoxy groups -OCH3 is 1. The van der Waals surface area contributed by atoms with E-state index >= 15 is 0 Å². The Hall–Kier alpha value is -2.26. The summed E-state index contributed by atoms with van der Waals surface area (Å²) in [5, 5.41) is 0. The molecule has 32 heavy (non-hydrogen) atoms. The Morgan fingerprint density at radius 3 is 2.16 bits per heavy atom. The molecule has 0 aromatic heterocycles. The van der Waals surface area contributed by atoms with Crippen LogP contribution in [0.25, 0.3) is 0 Å². The van der Waals surface area contributed by atoms with Crippen molar-refractivity contribution in [1.82, 2.24) is 0 Å². The molecule has 2 aromatic rings. The molecule has 1 aliphatic rings. The maximum absolute atomic E-state index is 13.6. The topological polar surface area (TPSA) is 92.8 Å². The second-order valence-electron chi connectivity index (χ2n) is 8.66. The third-order valence-electron chi connectivity index (χ3n) is 5.68. The van der Waals surface area contributed by atoms with Crippen molar-refractivity contribution in [2.24, 2.45) is 0 Å². The van der Waals surface area contributed by atoms with E-state index in [1.165, 1.54) is 23.5 Å². The molecule has 0 unspecified atom stereocenters. The first-order valence-electron chi connectivity index (χ1n) is 10.8. The Labute approximate surface area is 191 Å². The number of hydrogen-bond acceptors (Lipinski definition) is 5. The lowest BCUT2D eigenvalue weighted by Crippen LogP contribution is -2.37. The number of nitrogens with zero attached hydrogens (tertiary/aromatic N) is 1. The largest absolute Gasteiger partial charge is 0.495 e. The van der Waals surface area contributed by atoms with E-state index in [9.17, 15) is 16.8 Å². The third kappa shape index (κ3) is 4.88. The van der Waals surface area contributed by atoms with Crippen molar-refractivity contribution in [3.63, 3.8) is 0 Å². The molecule has 0 bridgehead atoms. The van der Waals surface area contributed by atoms with Gasteiger partial charge in [-0.25, -0.2) is 16.8 Å². The van der Waals surface area contributed by atoms with Crippen LogP contribution in [0.2, 0.25) is 0 Å². The molecule has 7 nitrogen and oxygen atoms in total. The smallest absolute Gasteiger partial charge is 0.265 e. The molecular formula is C23H32N2O5S2. The van der Waals surface area contributed by atoms with E-state index in [0.717, 1.165) is 17.5 Å². The molecule has 3 rings (SSSR count). The van der Waals surface area contributed by atoms with E-state index in [4.69, 9.17) is 4.74 Å². The highest BCUT2D eigenvalue weighted by molar-refractivity contribution is 7.93. The van der Waals surface area contributed by atoms with Gasteiger partial charge in [-0.3, -0.25) is 9.03 Å². The van der Waals surface area contributed by atoms with Gasteiger partial charge in [-0.05, 0) is 54.0 Å². The quantitative estimate of drug-likeness (QED) is 0.621. The molecular weight excluding hydrogens is 448 g/mol. The van der Waals surface area contributed by atoms with Crippen molar-refractivity contribution >= 4 is 31.4 Å². The number of hydrogen-bond donors (Lipinski definition) is 1. The first-order chi connectivity index (χ1) is 15.0. The molecule has 1 saturated heterocycles. The number of sulfonamides is 2. The third-order valence-corrected chi connectivity index (χ3v) is 8.92. The van der Waals surface area contributed by atoms with Crippen molar-refractivity contribution in [3.05, 3.63) is 47.5 Å². The fourth-order valence-electron chi connectivity index (χ4n) is 3.97. The summed E-state index contributed by atoms with van der Waals surface area (Å²) >= 11 is 0. The summed E-state index contributed by atoms with van der Waals surface area (Å²) in [5.74, 6) is 0.429. The van der Waals surface area contributed by atoms with E-state index in [1.54, 1.807) is 6.07 Å². The minimum Gasteiger partial charge on any atom is -0.495 e. The lowest BCUT2D eigenvalue weighted by atomic mass is 9.93. The Bertz CT molecular complexity index is 1160. The monoisotopic (exact) mass is 480 g/mol. The summed E-state index contributed by atoms with van der Waals surface area (Å²) < 4.78 is 61.7. The van der Waals surface area contributed by atoms with Gasteiger partial charge in [0.25, 0.3) is 10.0 Å². The first kappa shape index (κ1) is 24.4. The molecule has 9 heteroatoms.